The molecule has 0 bridgehead atoms. The molecule has 1 fully saturated rings. The molecule has 1 aliphatic rings. The highest BCUT2D eigenvalue weighted by molar-refractivity contribution is 7.12. The molecule has 0 aromatic carbocycles. The topological polar surface area (TPSA) is 85.8 Å². The maximum Gasteiger partial charge on any atom is 0.273 e. The maximum atomic E-state index is 12.0. The van der Waals surface area contributed by atoms with Gasteiger partial charge in [0.05, 0.1) is 12.7 Å². The molecule has 0 atom stereocenters. The molecular formula is C14H13N5O2S. The van der Waals surface area contributed by atoms with Crippen molar-refractivity contribution >= 4 is 17.2 Å². The number of nitrogens with zero attached hydrogens (tertiary/aromatic N) is 4. The molecular weight excluding hydrogens is 302 g/mol. The summed E-state index contributed by atoms with van der Waals surface area (Å²) in [4.78, 5) is 12.0. The Hall–Kier alpha value is -2.48. The highest BCUT2D eigenvalue weighted by atomic mass is 32.1. The molecule has 3 aromatic rings. The van der Waals surface area contributed by atoms with Crippen LogP contribution in [0.15, 0.2) is 34.3 Å². The van der Waals surface area contributed by atoms with E-state index in [1.54, 1.807) is 28.3 Å². The summed E-state index contributed by atoms with van der Waals surface area (Å²) in [7, 11) is 0. The van der Waals surface area contributed by atoms with Crippen LogP contribution in [-0.4, -0.2) is 26.1 Å². The maximum absolute atomic E-state index is 12.0. The van der Waals surface area contributed by atoms with Gasteiger partial charge in [-0.2, -0.15) is 0 Å². The van der Waals surface area contributed by atoms with Crippen molar-refractivity contribution in [1.29, 1.82) is 0 Å². The second kappa shape index (κ2) is 5.38. The predicted molar refractivity (Wildman–Crippen MR) is 78.9 cm³/mol. The van der Waals surface area contributed by atoms with E-state index in [1.165, 1.54) is 0 Å². The third-order valence-corrected chi connectivity index (χ3v) is 4.30. The first kappa shape index (κ1) is 13.2. The second-order valence-corrected chi connectivity index (χ2v) is 6.10. The Kier molecular flexibility index (Phi) is 3.23. The lowest BCUT2D eigenvalue weighted by atomic mass is 10.3. The minimum absolute atomic E-state index is 0.263. The van der Waals surface area contributed by atoms with Gasteiger partial charge in [0, 0.05) is 12.0 Å². The van der Waals surface area contributed by atoms with Crippen molar-refractivity contribution in [3.63, 3.8) is 0 Å². The van der Waals surface area contributed by atoms with Gasteiger partial charge in [0.2, 0.25) is 0 Å². The summed E-state index contributed by atoms with van der Waals surface area (Å²) in [6.07, 6.45) is 4.02. The number of hydrogen-bond donors (Lipinski definition) is 1. The quantitative estimate of drug-likeness (QED) is 0.779. The van der Waals surface area contributed by atoms with E-state index in [4.69, 9.17) is 4.52 Å². The van der Waals surface area contributed by atoms with Crippen LogP contribution < -0.4 is 5.32 Å². The molecule has 1 N–H and O–H groups in total. The molecule has 0 unspecified atom stereocenters. The van der Waals surface area contributed by atoms with Gasteiger partial charge in [-0.1, -0.05) is 10.4 Å². The number of nitrogens with one attached hydrogen (secondary N) is 1. The molecule has 0 saturated heterocycles. The molecule has 0 aliphatic heterocycles. The van der Waals surface area contributed by atoms with Crippen LogP contribution in [-0.2, 0) is 6.54 Å². The van der Waals surface area contributed by atoms with E-state index >= 15 is 0 Å². The SMILES string of the molecule is O=C(NCc1cn(-c2cccs2)nn1)c1cc(C2CC2)on1. The molecule has 8 heteroatoms. The zero-order valence-corrected chi connectivity index (χ0v) is 12.4. The van der Waals surface area contributed by atoms with Crippen LogP contribution in [0, 0.1) is 0 Å². The average Bonchev–Trinajstić information content (AvgIpc) is 3.02. The van der Waals surface area contributed by atoms with Crippen molar-refractivity contribution in [2.45, 2.75) is 25.3 Å². The number of hydrogen-bond acceptors (Lipinski definition) is 6. The number of carbonyl (C=O) groups is 1. The Balaban J connectivity index is 1.38. The lowest BCUT2D eigenvalue weighted by Gasteiger charge is -1.98. The van der Waals surface area contributed by atoms with Gasteiger partial charge in [-0.05, 0) is 30.4 Å². The minimum atomic E-state index is -0.263. The summed E-state index contributed by atoms with van der Waals surface area (Å²) < 4.78 is 6.86. The van der Waals surface area contributed by atoms with Gasteiger partial charge in [0.25, 0.3) is 5.91 Å². The van der Waals surface area contributed by atoms with Crippen molar-refractivity contribution in [3.05, 3.63) is 46.9 Å². The van der Waals surface area contributed by atoms with Crippen molar-refractivity contribution in [2.24, 2.45) is 0 Å². The van der Waals surface area contributed by atoms with Gasteiger partial charge in [0.15, 0.2) is 5.69 Å². The number of thiophene rings is 1. The first-order chi connectivity index (χ1) is 10.8. The lowest BCUT2D eigenvalue weighted by molar-refractivity contribution is 0.0941. The van der Waals surface area contributed by atoms with Crippen molar-refractivity contribution < 1.29 is 9.32 Å². The zero-order valence-electron chi connectivity index (χ0n) is 11.6. The standard InChI is InChI=1S/C14H13N5O2S/c20-14(11-6-12(21-17-11)9-3-4-9)15-7-10-8-19(18-16-10)13-2-1-5-22-13/h1-2,5-6,8-9H,3-4,7H2,(H,15,20). The number of rotatable bonds is 5. The van der Waals surface area contributed by atoms with E-state index < -0.39 is 0 Å². The first-order valence-electron chi connectivity index (χ1n) is 6.99. The van der Waals surface area contributed by atoms with Crippen molar-refractivity contribution in [3.8, 4) is 5.00 Å². The summed E-state index contributed by atoms with van der Waals surface area (Å²) in [5, 5.41) is 17.6. The van der Waals surface area contributed by atoms with Gasteiger partial charge < -0.3 is 9.84 Å². The molecule has 1 aliphatic carbocycles. The van der Waals surface area contributed by atoms with Crippen LogP contribution in [0.1, 0.15) is 40.7 Å². The van der Waals surface area contributed by atoms with Gasteiger partial charge in [-0.15, -0.1) is 16.4 Å². The lowest BCUT2D eigenvalue weighted by Crippen LogP contribution is -2.23. The Morgan fingerprint density at radius 2 is 2.41 bits per heavy atom. The van der Waals surface area contributed by atoms with Crippen molar-refractivity contribution in [2.75, 3.05) is 0 Å². The summed E-state index contributed by atoms with van der Waals surface area (Å²) >= 11 is 1.57. The molecule has 1 amide bonds. The first-order valence-corrected chi connectivity index (χ1v) is 7.87. The molecule has 4 rings (SSSR count). The summed E-state index contributed by atoms with van der Waals surface area (Å²) in [6, 6.07) is 5.62. The number of amides is 1. The molecule has 1 saturated carbocycles. The van der Waals surface area contributed by atoms with E-state index in [0.29, 0.717) is 23.9 Å². The van der Waals surface area contributed by atoms with Crippen LogP contribution in [0.25, 0.3) is 5.00 Å². The summed E-state index contributed by atoms with van der Waals surface area (Å²) in [5.74, 6) is 0.981. The third-order valence-electron chi connectivity index (χ3n) is 3.44. The summed E-state index contributed by atoms with van der Waals surface area (Å²) in [6.45, 7) is 0.301. The molecule has 22 heavy (non-hydrogen) atoms. The van der Waals surface area contributed by atoms with Crippen LogP contribution in [0.5, 0.6) is 0 Å². The second-order valence-electron chi connectivity index (χ2n) is 5.18. The molecule has 3 aromatic heterocycles. The van der Waals surface area contributed by atoms with Crippen LogP contribution in [0.2, 0.25) is 0 Å². The van der Waals surface area contributed by atoms with E-state index in [-0.39, 0.29) is 5.91 Å². The Bertz CT molecular complexity index is 788. The highest BCUT2D eigenvalue weighted by Crippen LogP contribution is 2.40. The zero-order chi connectivity index (χ0) is 14.9. The fourth-order valence-corrected chi connectivity index (χ4v) is 2.76. The van der Waals surface area contributed by atoms with Crippen LogP contribution >= 0.6 is 11.3 Å². The van der Waals surface area contributed by atoms with Gasteiger partial charge >= 0.3 is 0 Å². The van der Waals surface area contributed by atoms with Gasteiger partial charge in [0.1, 0.15) is 16.5 Å². The summed E-state index contributed by atoms with van der Waals surface area (Å²) in [5.41, 5.74) is 1.00. The third kappa shape index (κ3) is 2.64. The molecule has 0 spiro atoms. The monoisotopic (exact) mass is 315 g/mol. The highest BCUT2D eigenvalue weighted by Gasteiger charge is 2.28. The van der Waals surface area contributed by atoms with E-state index in [9.17, 15) is 4.79 Å². The Morgan fingerprint density at radius 1 is 1.50 bits per heavy atom. The largest absolute Gasteiger partial charge is 0.360 e. The van der Waals surface area contributed by atoms with Crippen molar-refractivity contribution in [1.82, 2.24) is 25.5 Å². The van der Waals surface area contributed by atoms with E-state index in [0.717, 1.165) is 23.6 Å². The normalized spacial score (nSPS) is 14.2. The Morgan fingerprint density at radius 3 is 3.18 bits per heavy atom. The molecule has 112 valence electrons. The number of aromatic nitrogens is 4. The Labute approximate surface area is 129 Å². The number of carbonyl (C=O) groups excluding carboxylic acids is 1. The fourth-order valence-electron chi connectivity index (χ4n) is 2.11. The average molecular weight is 315 g/mol. The minimum Gasteiger partial charge on any atom is -0.360 e. The van der Waals surface area contributed by atoms with Gasteiger partial charge in [-0.3, -0.25) is 4.79 Å². The van der Waals surface area contributed by atoms with Crippen LogP contribution in [0.3, 0.4) is 0 Å². The molecule has 0 radical (unpaired) electrons. The molecule has 7 nitrogen and oxygen atoms in total. The fraction of sp³-hybridized carbons (Fsp3) is 0.286. The molecule has 3 heterocycles. The van der Waals surface area contributed by atoms with E-state index in [2.05, 4.69) is 20.8 Å². The van der Waals surface area contributed by atoms with E-state index in [1.807, 2.05) is 17.5 Å². The predicted octanol–water partition coefficient (Wildman–Crippen LogP) is 2.12. The smallest absolute Gasteiger partial charge is 0.273 e. The van der Waals surface area contributed by atoms with Crippen LogP contribution in [0.4, 0.5) is 0 Å². The van der Waals surface area contributed by atoms with Gasteiger partial charge in [-0.25, -0.2) is 4.68 Å².